The van der Waals surface area contributed by atoms with E-state index in [1.54, 1.807) is 11.3 Å². The minimum atomic E-state index is 0.00563. The zero-order valence-electron chi connectivity index (χ0n) is 10.7. The summed E-state index contributed by atoms with van der Waals surface area (Å²) in [5.74, 6) is 0.00563. The fourth-order valence-electron chi connectivity index (χ4n) is 1.42. The molecule has 0 atom stereocenters. The number of hydrogen-bond acceptors (Lipinski definition) is 3. The van der Waals surface area contributed by atoms with E-state index in [0.29, 0.717) is 6.42 Å². The maximum absolute atomic E-state index is 11.4. The van der Waals surface area contributed by atoms with E-state index in [1.165, 1.54) is 4.88 Å². The molecule has 0 aliphatic carbocycles. The zero-order valence-corrected chi connectivity index (χ0v) is 11.6. The summed E-state index contributed by atoms with van der Waals surface area (Å²) >= 11 is 1.69. The fourth-order valence-corrected chi connectivity index (χ4v) is 2.23. The van der Waals surface area contributed by atoms with Crippen molar-refractivity contribution >= 4 is 23.0 Å². The molecular formula is C13H20N2OS. The average molecular weight is 252 g/mol. The number of amides is 1. The summed E-state index contributed by atoms with van der Waals surface area (Å²) in [6, 6.07) is 4.09. The van der Waals surface area contributed by atoms with Crippen LogP contribution in [0.2, 0.25) is 0 Å². The molecule has 1 N–H and O–H groups in total. The SMILES string of the molecule is CCCCCC(=O)N/N=C(\C)c1ccc(C)s1. The molecule has 0 aromatic carbocycles. The molecule has 0 saturated carbocycles. The minimum Gasteiger partial charge on any atom is -0.273 e. The van der Waals surface area contributed by atoms with Crippen molar-refractivity contribution in [3.8, 4) is 0 Å². The van der Waals surface area contributed by atoms with E-state index in [-0.39, 0.29) is 5.91 Å². The van der Waals surface area contributed by atoms with Crippen molar-refractivity contribution in [3.05, 3.63) is 21.9 Å². The number of carbonyl (C=O) groups excluding carboxylic acids is 1. The molecule has 0 radical (unpaired) electrons. The first kappa shape index (κ1) is 13.9. The van der Waals surface area contributed by atoms with Gasteiger partial charge in [-0.15, -0.1) is 11.3 Å². The molecule has 0 aliphatic heterocycles. The van der Waals surface area contributed by atoms with Crippen LogP contribution in [0, 0.1) is 6.92 Å². The second-order valence-corrected chi connectivity index (χ2v) is 5.39. The maximum atomic E-state index is 11.4. The lowest BCUT2D eigenvalue weighted by Gasteiger charge is -2.00. The van der Waals surface area contributed by atoms with Crippen molar-refractivity contribution in [2.45, 2.75) is 46.5 Å². The Hall–Kier alpha value is -1.16. The van der Waals surface area contributed by atoms with Crippen molar-refractivity contribution in [1.29, 1.82) is 0 Å². The molecule has 17 heavy (non-hydrogen) atoms. The molecular weight excluding hydrogens is 232 g/mol. The van der Waals surface area contributed by atoms with E-state index >= 15 is 0 Å². The van der Waals surface area contributed by atoms with E-state index < -0.39 is 0 Å². The van der Waals surface area contributed by atoms with E-state index in [1.807, 2.05) is 13.0 Å². The normalized spacial score (nSPS) is 11.6. The lowest BCUT2D eigenvalue weighted by atomic mass is 10.2. The summed E-state index contributed by atoms with van der Waals surface area (Å²) in [7, 11) is 0. The van der Waals surface area contributed by atoms with Crippen LogP contribution < -0.4 is 5.43 Å². The largest absolute Gasteiger partial charge is 0.273 e. The number of hydrazone groups is 1. The van der Waals surface area contributed by atoms with Crippen LogP contribution in [0.5, 0.6) is 0 Å². The van der Waals surface area contributed by atoms with E-state index in [0.717, 1.165) is 29.9 Å². The highest BCUT2D eigenvalue weighted by molar-refractivity contribution is 7.14. The summed E-state index contributed by atoms with van der Waals surface area (Å²) in [4.78, 5) is 13.8. The number of thiophene rings is 1. The Kier molecular flexibility index (Phi) is 5.91. The highest BCUT2D eigenvalue weighted by Gasteiger charge is 2.02. The lowest BCUT2D eigenvalue weighted by molar-refractivity contribution is -0.121. The highest BCUT2D eigenvalue weighted by Crippen LogP contribution is 2.15. The van der Waals surface area contributed by atoms with Crippen molar-refractivity contribution in [3.63, 3.8) is 0 Å². The molecule has 1 rings (SSSR count). The number of carbonyl (C=O) groups is 1. The molecule has 0 bridgehead atoms. The Morgan fingerprint density at radius 2 is 2.18 bits per heavy atom. The lowest BCUT2D eigenvalue weighted by Crippen LogP contribution is -2.18. The topological polar surface area (TPSA) is 41.5 Å². The second-order valence-electron chi connectivity index (χ2n) is 4.10. The molecule has 1 aromatic rings. The molecule has 0 unspecified atom stereocenters. The summed E-state index contributed by atoms with van der Waals surface area (Å²) in [6.07, 6.45) is 3.73. The van der Waals surface area contributed by atoms with Gasteiger partial charge in [0, 0.05) is 11.3 Å². The maximum Gasteiger partial charge on any atom is 0.240 e. The Balaban J connectivity index is 2.40. The Bertz CT molecular complexity index is 396. The van der Waals surface area contributed by atoms with Crippen LogP contribution in [0.25, 0.3) is 0 Å². The van der Waals surface area contributed by atoms with Crippen LogP contribution in [0.4, 0.5) is 0 Å². The molecule has 1 aromatic heterocycles. The molecule has 1 amide bonds. The quantitative estimate of drug-likeness (QED) is 0.470. The van der Waals surface area contributed by atoms with Crippen molar-refractivity contribution in [2.75, 3.05) is 0 Å². The van der Waals surface area contributed by atoms with Crippen LogP contribution in [0.15, 0.2) is 17.2 Å². The van der Waals surface area contributed by atoms with Gasteiger partial charge in [0.2, 0.25) is 5.91 Å². The molecule has 1 heterocycles. The van der Waals surface area contributed by atoms with Gasteiger partial charge in [0.25, 0.3) is 0 Å². The van der Waals surface area contributed by atoms with Crippen LogP contribution in [-0.2, 0) is 4.79 Å². The molecule has 0 aliphatic rings. The summed E-state index contributed by atoms with van der Waals surface area (Å²) < 4.78 is 0. The standard InChI is InChI=1S/C13H20N2OS/c1-4-5-6-7-13(16)15-14-11(3)12-9-8-10(2)17-12/h8-9H,4-7H2,1-3H3,(H,15,16)/b14-11+. The van der Waals surface area contributed by atoms with Crippen LogP contribution >= 0.6 is 11.3 Å². The fraction of sp³-hybridized carbons (Fsp3) is 0.538. The van der Waals surface area contributed by atoms with Gasteiger partial charge in [-0.1, -0.05) is 19.8 Å². The van der Waals surface area contributed by atoms with Gasteiger partial charge >= 0.3 is 0 Å². The number of nitrogens with zero attached hydrogens (tertiary/aromatic N) is 1. The number of nitrogens with one attached hydrogen (secondary N) is 1. The predicted molar refractivity (Wildman–Crippen MR) is 73.6 cm³/mol. The van der Waals surface area contributed by atoms with Gasteiger partial charge in [0.15, 0.2) is 0 Å². The Morgan fingerprint density at radius 3 is 2.76 bits per heavy atom. The third kappa shape index (κ3) is 5.13. The summed E-state index contributed by atoms with van der Waals surface area (Å²) in [6.45, 7) is 6.10. The Labute approximate surface area is 107 Å². The predicted octanol–water partition coefficient (Wildman–Crippen LogP) is 3.48. The second kappa shape index (κ2) is 7.22. The molecule has 0 saturated heterocycles. The first-order chi connectivity index (χ1) is 8.13. The number of aryl methyl sites for hydroxylation is 1. The van der Waals surface area contributed by atoms with Crippen molar-refractivity contribution in [2.24, 2.45) is 5.10 Å². The number of rotatable bonds is 6. The van der Waals surface area contributed by atoms with Crippen molar-refractivity contribution in [1.82, 2.24) is 5.43 Å². The van der Waals surface area contributed by atoms with E-state index in [9.17, 15) is 4.79 Å². The minimum absolute atomic E-state index is 0.00563. The molecule has 4 heteroatoms. The average Bonchev–Trinajstić information content (AvgIpc) is 2.73. The van der Waals surface area contributed by atoms with E-state index in [4.69, 9.17) is 0 Å². The number of hydrogen-bond donors (Lipinski definition) is 1. The Morgan fingerprint density at radius 1 is 1.41 bits per heavy atom. The monoisotopic (exact) mass is 252 g/mol. The van der Waals surface area contributed by atoms with Crippen molar-refractivity contribution < 1.29 is 4.79 Å². The van der Waals surface area contributed by atoms with Gasteiger partial charge in [0.1, 0.15) is 0 Å². The first-order valence-electron chi connectivity index (χ1n) is 6.03. The molecule has 94 valence electrons. The molecule has 0 fully saturated rings. The summed E-state index contributed by atoms with van der Waals surface area (Å²) in [5, 5.41) is 4.11. The molecule has 0 spiro atoms. The van der Waals surface area contributed by atoms with Gasteiger partial charge in [-0.2, -0.15) is 5.10 Å². The van der Waals surface area contributed by atoms with Gasteiger partial charge < -0.3 is 0 Å². The van der Waals surface area contributed by atoms with Gasteiger partial charge in [-0.05, 0) is 32.4 Å². The third-order valence-electron chi connectivity index (χ3n) is 2.45. The third-order valence-corrected chi connectivity index (χ3v) is 3.56. The number of unbranched alkanes of at least 4 members (excludes halogenated alkanes) is 2. The van der Waals surface area contributed by atoms with Crippen LogP contribution in [0.3, 0.4) is 0 Å². The van der Waals surface area contributed by atoms with Gasteiger partial charge in [-0.25, -0.2) is 5.43 Å². The van der Waals surface area contributed by atoms with Gasteiger partial charge in [-0.3, -0.25) is 4.79 Å². The summed E-state index contributed by atoms with van der Waals surface area (Å²) in [5.41, 5.74) is 3.47. The zero-order chi connectivity index (χ0) is 12.7. The highest BCUT2D eigenvalue weighted by atomic mass is 32.1. The van der Waals surface area contributed by atoms with Gasteiger partial charge in [0.05, 0.1) is 10.6 Å². The van der Waals surface area contributed by atoms with Crippen LogP contribution in [-0.4, -0.2) is 11.6 Å². The molecule has 3 nitrogen and oxygen atoms in total. The van der Waals surface area contributed by atoms with Crippen LogP contribution in [0.1, 0.15) is 49.3 Å². The van der Waals surface area contributed by atoms with E-state index in [2.05, 4.69) is 30.4 Å². The smallest absolute Gasteiger partial charge is 0.240 e. The first-order valence-corrected chi connectivity index (χ1v) is 6.85.